The van der Waals surface area contributed by atoms with E-state index in [2.05, 4.69) is 25.4 Å². The minimum atomic E-state index is -0.383. The van der Waals surface area contributed by atoms with Crippen LogP contribution in [0.3, 0.4) is 0 Å². The first-order valence-corrected chi connectivity index (χ1v) is 11.8. The minimum Gasteiger partial charge on any atom is -0.342 e. The molecule has 0 spiro atoms. The normalized spacial score (nSPS) is 14.1. The van der Waals surface area contributed by atoms with Gasteiger partial charge in [-0.2, -0.15) is 16.9 Å². The van der Waals surface area contributed by atoms with Gasteiger partial charge in [-0.3, -0.25) is 19.3 Å². The molecule has 0 aliphatic heterocycles. The van der Waals surface area contributed by atoms with Gasteiger partial charge in [-0.15, -0.1) is 0 Å². The zero-order valence-corrected chi connectivity index (χ0v) is 18.5. The molecule has 1 unspecified atom stereocenters. The van der Waals surface area contributed by atoms with Gasteiger partial charge in [0.15, 0.2) is 0 Å². The third-order valence-electron chi connectivity index (χ3n) is 5.50. The van der Waals surface area contributed by atoms with E-state index in [9.17, 15) is 9.59 Å². The highest BCUT2D eigenvalue weighted by Gasteiger charge is 2.26. The van der Waals surface area contributed by atoms with Crippen molar-refractivity contribution in [3.63, 3.8) is 0 Å². The van der Waals surface area contributed by atoms with Crippen molar-refractivity contribution in [3.05, 3.63) is 63.6 Å². The van der Waals surface area contributed by atoms with Crippen LogP contribution in [0, 0.1) is 0 Å². The lowest BCUT2D eigenvalue weighted by Gasteiger charge is -2.19. The summed E-state index contributed by atoms with van der Waals surface area (Å²) in [6, 6.07) is 4.71. The molecule has 0 fully saturated rings. The minimum absolute atomic E-state index is 0.172. The Morgan fingerprint density at radius 2 is 2.19 bits per heavy atom. The van der Waals surface area contributed by atoms with Crippen LogP contribution in [0.2, 0.25) is 0 Å². The summed E-state index contributed by atoms with van der Waals surface area (Å²) in [5.41, 5.74) is 3.68. The highest BCUT2D eigenvalue weighted by atomic mass is 32.2. The maximum absolute atomic E-state index is 13.3. The molecule has 0 bridgehead atoms. The topological polar surface area (TPSA) is 106 Å². The number of aryl methyl sites for hydroxylation is 2. The number of nitrogens with zero attached hydrogens (tertiary/aromatic N) is 4. The van der Waals surface area contributed by atoms with Gasteiger partial charge in [-0.05, 0) is 56.2 Å². The van der Waals surface area contributed by atoms with Crippen molar-refractivity contribution >= 4 is 17.7 Å². The van der Waals surface area contributed by atoms with Crippen LogP contribution in [0.1, 0.15) is 52.7 Å². The smallest absolute Gasteiger partial charge is 0.270 e. The molecule has 4 rings (SSSR count). The summed E-state index contributed by atoms with van der Waals surface area (Å²) in [6.45, 7) is 0. The quantitative estimate of drug-likeness (QED) is 0.588. The van der Waals surface area contributed by atoms with Crippen LogP contribution < -0.4 is 10.9 Å². The van der Waals surface area contributed by atoms with Crippen LogP contribution in [0.25, 0.3) is 11.4 Å². The van der Waals surface area contributed by atoms with E-state index in [0.29, 0.717) is 23.6 Å². The van der Waals surface area contributed by atoms with E-state index in [0.717, 1.165) is 48.3 Å². The van der Waals surface area contributed by atoms with Crippen molar-refractivity contribution in [1.29, 1.82) is 0 Å². The molecule has 1 aliphatic carbocycles. The van der Waals surface area contributed by atoms with Crippen molar-refractivity contribution in [2.45, 2.75) is 38.1 Å². The van der Waals surface area contributed by atoms with Crippen molar-refractivity contribution < 1.29 is 4.79 Å². The number of hydrogen-bond donors (Lipinski definition) is 2. The van der Waals surface area contributed by atoms with Crippen molar-refractivity contribution in [1.82, 2.24) is 30.0 Å². The molecule has 0 aromatic carbocycles. The number of H-pyrrole nitrogens is 1. The lowest BCUT2D eigenvalue weighted by atomic mass is 9.95. The number of fused-ring (bicyclic) bond motifs is 1. The maximum Gasteiger partial charge on any atom is 0.270 e. The van der Waals surface area contributed by atoms with Crippen LogP contribution in [0.15, 0.2) is 35.4 Å². The number of rotatable bonds is 7. The Morgan fingerprint density at radius 1 is 1.35 bits per heavy atom. The Balaban J connectivity index is 1.66. The molecule has 3 aromatic heterocycles. The summed E-state index contributed by atoms with van der Waals surface area (Å²) in [6.07, 6.45) is 9.96. The van der Waals surface area contributed by atoms with Gasteiger partial charge in [0.1, 0.15) is 11.5 Å². The molecule has 2 N–H and O–H groups in total. The molecule has 9 heteroatoms. The van der Waals surface area contributed by atoms with Crippen molar-refractivity contribution in [3.8, 4) is 11.4 Å². The molecule has 1 aliphatic rings. The SMILES string of the molecule is CSCCC(NC(=O)c1c2c(nn1C)CCCC2)c1cc(=O)[nH]c(-c2cccnc2)n1. The van der Waals surface area contributed by atoms with Gasteiger partial charge >= 0.3 is 0 Å². The van der Waals surface area contributed by atoms with E-state index in [-0.39, 0.29) is 17.5 Å². The molecule has 1 atom stereocenters. The number of amides is 1. The molecule has 31 heavy (non-hydrogen) atoms. The number of pyridine rings is 1. The predicted octanol–water partition coefficient (Wildman–Crippen LogP) is 2.67. The highest BCUT2D eigenvalue weighted by Crippen LogP contribution is 2.25. The summed E-state index contributed by atoms with van der Waals surface area (Å²) in [4.78, 5) is 37.2. The first kappa shape index (κ1) is 21.3. The Morgan fingerprint density at radius 3 is 2.97 bits per heavy atom. The average Bonchev–Trinajstić information content (AvgIpc) is 3.12. The number of carbonyl (C=O) groups excluding carboxylic acids is 1. The fourth-order valence-corrected chi connectivity index (χ4v) is 4.49. The summed E-state index contributed by atoms with van der Waals surface area (Å²) in [5.74, 6) is 1.09. The first-order chi connectivity index (χ1) is 15.1. The third kappa shape index (κ3) is 4.71. The average molecular weight is 439 g/mol. The second kappa shape index (κ2) is 9.47. The Hall–Kier alpha value is -2.94. The highest BCUT2D eigenvalue weighted by molar-refractivity contribution is 7.98. The molecule has 8 nitrogen and oxygen atoms in total. The van der Waals surface area contributed by atoms with Crippen LogP contribution in [0.5, 0.6) is 0 Å². The Labute approximate surface area is 184 Å². The second-order valence-corrected chi connectivity index (χ2v) is 8.66. The summed E-state index contributed by atoms with van der Waals surface area (Å²) < 4.78 is 1.68. The van der Waals surface area contributed by atoms with Crippen molar-refractivity contribution in [2.24, 2.45) is 7.05 Å². The number of hydrogen-bond acceptors (Lipinski definition) is 6. The van der Waals surface area contributed by atoms with Crippen LogP contribution >= 0.6 is 11.8 Å². The van der Waals surface area contributed by atoms with E-state index in [1.54, 1.807) is 34.9 Å². The lowest BCUT2D eigenvalue weighted by molar-refractivity contribution is 0.0924. The van der Waals surface area contributed by atoms with Gasteiger partial charge in [-0.1, -0.05) is 0 Å². The monoisotopic (exact) mass is 438 g/mol. The van der Waals surface area contributed by atoms with E-state index in [1.807, 2.05) is 19.4 Å². The summed E-state index contributed by atoms with van der Waals surface area (Å²) >= 11 is 1.69. The zero-order valence-electron chi connectivity index (χ0n) is 17.7. The summed E-state index contributed by atoms with van der Waals surface area (Å²) in [5, 5.41) is 7.68. The van der Waals surface area contributed by atoms with E-state index in [4.69, 9.17) is 0 Å². The van der Waals surface area contributed by atoms with Gasteiger partial charge in [0.25, 0.3) is 11.5 Å². The number of aromatic amines is 1. The Kier molecular flexibility index (Phi) is 6.50. The Bertz CT molecular complexity index is 1120. The fourth-order valence-electron chi connectivity index (χ4n) is 4.02. The lowest BCUT2D eigenvalue weighted by Crippen LogP contribution is -2.32. The summed E-state index contributed by atoms with van der Waals surface area (Å²) in [7, 11) is 1.82. The van der Waals surface area contributed by atoms with E-state index in [1.165, 1.54) is 6.07 Å². The zero-order chi connectivity index (χ0) is 21.8. The molecular weight excluding hydrogens is 412 g/mol. The molecule has 162 valence electrons. The van der Waals surface area contributed by atoms with Gasteiger partial charge in [0.2, 0.25) is 0 Å². The second-order valence-electron chi connectivity index (χ2n) is 7.67. The van der Waals surface area contributed by atoms with E-state index < -0.39 is 0 Å². The van der Waals surface area contributed by atoms with Crippen LogP contribution in [-0.4, -0.2) is 42.6 Å². The first-order valence-electron chi connectivity index (χ1n) is 10.4. The molecule has 3 heterocycles. The number of carbonyl (C=O) groups is 1. The molecular formula is C22H26N6O2S. The van der Waals surface area contributed by atoms with Crippen LogP contribution in [0.4, 0.5) is 0 Å². The van der Waals surface area contributed by atoms with Crippen LogP contribution in [-0.2, 0) is 19.9 Å². The number of nitrogens with one attached hydrogen (secondary N) is 2. The predicted molar refractivity (Wildman–Crippen MR) is 121 cm³/mol. The molecule has 0 saturated heterocycles. The van der Waals surface area contributed by atoms with Crippen molar-refractivity contribution in [2.75, 3.05) is 12.0 Å². The maximum atomic E-state index is 13.3. The number of thioether (sulfide) groups is 1. The molecule has 0 radical (unpaired) electrons. The fraction of sp³-hybridized carbons (Fsp3) is 0.409. The van der Waals surface area contributed by atoms with Gasteiger partial charge in [0.05, 0.1) is 17.4 Å². The van der Waals surface area contributed by atoms with E-state index >= 15 is 0 Å². The van der Waals surface area contributed by atoms with Gasteiger partial charge in [0, 0.05) is 36.6 Å². The molecule has 3 aromatic rings. The molecule has 0 saturated carbocycles. The van der Waals surface area contributed by atoms with Gasteiger partial charge in [-0.25, -0.2) is 4.98 Å². The third-order valence-corrected chi connectivity index (χ3v) is 6.15. The van der Waals surface area contributed by atoms with Gasteiger partial charge < -0.3 is 10.3 Å². The standard InChI is InChI=1S/C22H26N6O2S/c1-28-20(15-7-3-4-8-16(15)27-28)22(30)25-17(9-11-31-2)18-12-19(29)26-21(24-18)14-6-5-10-23-13-14/h5-6,10,12-13,17H,3-4,7-9,11H2,1-2H3,(H,25,30)(H,24,26,29). The number of aromatic nitrogens is 5. The molecule has 1 amide bonds. The largest absolute Gasteiger partial charge is 0.342 e.